The molecule has 0 fully saturated rings. The van der Waals surface area contributed by atoms with Crippen molar-refractivity contribution in [3.8, 4) is 11.5 Å². The Morgan fingerprint density at radius 1 is 0.882 bits per heavy atom. The molecule has 0 radical (unpaired) electrons. The van der Waals surface area contributed by atoms with E-state index in [9.17, 15) is 0 Å². The molecule has 3 aliphatic rings. The average molecular weight is 226 g/mol. The SMILES string of the molecule is [C+]1=CC2=C(C=C1)O[B-]1(O2)Oc2ccccc2O1. The van der Waals surface area contributed by atoms with Crippen LogP contribution in [0.2, 0.25) is 0 Å². The van der Waals surface area contributed by atoms with Crippen LogP contribution in [-0.2, 0) is 9.31 Å². The summed E-state index contributed by atoms with van der Waals surface area (Å²) in [6.07, 6.45) is 8.12. The molecule has 82 valence electrons. The van der Waals surface area contributed by atoms with Crippen molar-refractivity contribution in [3.63, 3.8) is 0 Å². The second-order valence-electron chi connectivity index (χ2n) is 3.87. The van der Waals surface area contributed by atoms with Crippen LogP contribution in [0, 0.1) is 6.08 Å². The Hall–Kier alpha value is -2.39. The molecule has 17 heavy (non-hydrogen) atoms. The summed E-state index contributed by atoms with van der Waals surface area (Å²) in [5, 5.41) is 0. The van der Waals surface area contributed by atoms with Gasteiger partial charge in [0, 0.05) is 6.08 Å². The van der Waals surface area contributed by atoms with Gasteiger partial charge in [-0.2, -0.15) is 0 Å². The summed E-state index contributed by atoms with van der Waals surface area (Å²) in [7, 11) is 0. The lowest BCUT2D eigenvalue weighted by molar-refractivity contribution is 0.164. The summed E-state index contributed by atoms with van der Waals surface area (Å²) in [5.41, 5.74) is 0. The van der Waals surface area contributed by atoms with Crippen molar-refractivity contribution in [1.82, 2.24) is 0 Å². The number of allylic oxidation sites excluding steroid dienone is 4. The lowest BCUT2D eigenvalue weighted by Crippen LogP contribution is -2.47. The molecule has 0 saturated carbocycles. The molecule has 1 aromatic rings. The van der Waals surface area contributed by atoms with Gasteiger partial charge in [0.15, 0.2) is 0 Å². The Bertz CT molecular complexity index is 537. The first-order chi connectivity index (χ1) is 8.35. The molecule has 4 nitrogen and oxygen atoms in total. The minimum absolute atomic E-state index is 0.584. The number of fused-ring (bicyclic) bond motifs is 1. The molecule has 5 heteroatoms. The van der Waals surface area contributed by atoms with E-state index in [1.807, 2.05) is 24.3 Å². The van der Waals surface area contributed by atoms with Gasteiger partial charge in [-0.15, -0.1) is 0 Å². The predicted octanol–water partition coefficient (Wildman–Crippen LogP) is 2.08. The lowest BCUT2D eigenvalue weighted by atomic mass is 10.1. The summed E-state index contributed by atoms with van der Waals surface area (Å²) in [6.45, 7) is -2.23. The van der Waals surface area contributed by atoms with E-state index in [0.29, 0.717) is 23.0 Å². The molecule has 0 unspecified atom stereocenters. The van der Waals surface area contributed by atoms with E-state index in [1.165, 1.54) is 0 Å². The number of benzene rings is 1. The van der Waals surface area contributed by atoms with Gasteiger partial charge in [-0.05, 0) is 12.1 Å². The van der Waals surface area contributed by atoms with Crippen LogP contribution in [-0.4, -0.2) is 6.96 Å². The van der Waals surface area contributed by atoms with E-state index in [-0.39, 0.29) is 0 Å². The highest BCUT2D eigenvalue weighted by Crippen LogP contribution is 2.42. The quantitative estimate of drug-likeness (QED) is 0.501. The fourth-order valence-electron chi connectivity index (χ4n) is 2.00. The maximum absolute atomic E-state index is 5.62. The zero-order chi connectivity index (χ0) is 11.3. The van der Waals surface area contributed by atoms with Gasteiger partial charge in [-0.1, -0.05) is 12.1 Å². The van der Waals surface area contributed by atoms with E-state index < -0.39 is 6.96 Å². The van der Waals surface area contributed by atoms with Gasteiger partial charge in [0.25, 0.3) is 0 Å². The zero-order valence-corrected chi connectivity index (χ0v) is 8.75. The first kappa shape index (κ1) is 8.73. The van der Waals surface area contributed by atoms with Crippen LogP contribution in [0.3, 0.4) is 0 Å². The second-order valence-corrected chi connectivity index (χ2v) is 3.87. The molecule has 2 aliphatic heterocycles. The van der Waals surface area contributed by atoms with Gasteiger partial charge in [0.05, 0.1) is 6.08 Å². The maximum atomic E-state index is 5.62. The van der Waals surface area contributed by atoms with Crippen LogP contribution in [0.25, 0.3) is 0 Å². The van der Waals surface area contributed by atoms with Crippen LogP contribution >= 0.6 is 0 Å². The fraction of sp³-hybridized carbons (Fsp3) is 0. The number of para-hydroxylation sites is 2. The highest BCUT2D eigenvalue weighted by Gasteiger charge is 2.55. The minimum Gasteiger partial charge on any atom is -0.608 e. The maximum Gasteiger partial charge on any atom is 0.791 e. The Balaban J connectivity index is 1.68. The summed E-state index contributed by atoms with van der Waals surface area (Å²) in [5.74, 6) is 2.45. The lowest BCUT2D eigenvalue weighted by Gasteiger charge is -2.25. The van der Waals surface area contributed by atoms with Crippen molar-refractivity contribution in [3.05, 3.63) is 60.1 Å². The highest BCUT2D eigenvalue weighted by atomic mass is 16.9. The summed E-state index contributed by atoms with van der Waals surface area (Å²) < 4.78 is 22.5. The van der Waals surface area contributed by atoms with Crippen LogP contribution in [0.1, 0.15) is 0 Å². The van der Waals surface area contributed by atoms with Crippen molar-refractivity contribution in [2.75, 3.05) is 0 Å². The van der Waals surface area contributed by atoms with Gasteiger partial charge in [0.1, 0.15) is 23.7 Å². The van der Waals surface area contributed by atoms with E-state index in [0.717, 1.165) is 0 Å². The predicted molar refractivity (Wildman–Crippen MR) is 59.6 cm³/mol. The Morgan fingerprint density at radius 3 is 2.29 bits per heavy atom. The van der Waals surface area contributed by atoms with Crippen LogP contribution in [0.15, 0.2) is 54.0 Å². The molecule has 1 aromatic carbocycles. The topological polar surface area (TPSA) is 36.9 Å². The summed E-state index contributed by atoms with van der Waals surface area (Å²) in [4.78, 5) is 0. The third-order valence-corrected chi connectivity index (χ3v) is 2.72. The van der Waals surface area contributed by atoms with Crippen LogP contribution in [0.5, 0.6) is 11.5 Å². The molecule has 1 spiro atoms. The molecule has 0 amide bonds. The molecule has 4 rings (SSSR count). The Kier molecular flexibility index (Phi) is 1.46. The standard InChI is InChI=1S/C12H7BO4/c1-2-6-10-9(5-1)14-13(15-10)16-11-7-3-4-8-12(11)17-13/h1-3,5-8H. The minimum atomic E-state index is -2.23. The molecule has 1 aliphatic carbocycles. The number of hydrogen-bond donors (Lipinski definition) is 0. The molecule has 0 bridgehead atoms. The number of hydrogen-bond acceptors (Lipinski definition) is 4. The van der Waals surface area contributed by atoms with E-state index in [2.05, 4.69) is 6.08 Å². The van der Waals surface area contributed by atoms with Crippen LogP contribution < -0.4 is 9.31 Å². The van der Waals surface area contributed by atoms with Gasteiger partial charge < -0.3 is 18.6 Å². The Labute approximate surface area is 97.8 Å². The van der Waals surface area contributed by atoms with E-state index in [4.69, 9.17) is 18.6 Å². The van der Waals surface area contributed by atoms with Crippen molar-refractivity contribution < 1.29 is 18.6 Å². The molecule has 0 N–H and O–H groups in total. The molecule has 0 atom stereocenters. The van der Waals surface area contributed by atoms with Gasteiger partial charge in [-0.25, -0.2) is 0 Å². The second kappa shape index (κ2) is 2.84. The Morgan fingerprint density at radius 2 is 1.59 bits per heavy atom. The molecule has 0 saturated heterocycles. The summed E-state index contributed by atoms with van der Waals surface area (Å²) in [6, 6.07) is 7.36. The van der Waals surface area contributed by atoms with Gasteiger partial charge in [0.2, 0.25) is 11.5 Å². The monoisotopic (exact) mass is 226 g/mol. The average Bonchev–Trinajstić information content (AvgIpc) is 2.87. The third kappa shape index (κ3) is 1.17. The number of rotatable bonds is 0. The summed E-state index contributed by atoms with van der Waals surface area (Å²) >= 11 is 0. The highest BCUT2D eigenvalue weighted by molar-refractivity contribution is 6.57. The normalized spacial score (nSPS) is 20.9. The first-order valence-corrected chi connectivity index (χ1v) is 5.32. The van der Waals surface area contributed by atoms with Crippen molar-refractivity contribution in [2.24, 2.45) is 0 Å². The van der Waals surface area contributed by atoms with Gasteiger partial charge >= 0.3 is 6.96 Å². The van der Waals surface area contributed by atoms with Gasteiger partial charge in [-0.3, -0.25) is 0 Å². The molecular weight excluding hydrogens is 219 g/mol. The van der Waals surface area contributed by atoms with Crippen LogP contribution in [0.4, 0.5) is 0 Å². The largest absolute Gasteiger partial charge is 0.791 e. The molecular formula is C12H7BO4. The first-order valence-electron chi connectivity index (χ1n) is 5.32. The zero-order valence-electron chi connectivity index (χ0n) is 8.75. The van der Waals surface area contributed by atoms with Crippen molar-refractivity contribution in [2.45, 2.75) is 0 Å². The third-order valence-electron chi connectivity index (χ3n) is 2.72. The van der Waals surface area contributed by atoms with E-state index >= 15 is 0 Å². The molecule has 0 aromatic heterocycles. The van der Waals surface area contributed by atoms with E-state index in [1.54, 1.807) is 18.2 Å². The molecule has 2 heterocycles. The smallest absolute Gasteiger partial charge is 0.608 e. The van der Waals surface area contributed by atoms with Crippen molar-refractivity contribution >= 4 is 6.96 Å². The fourth-order valence-corrected chi connectivity index (χ4v) is 2.00. The van der Waals surface area contributed by atoms with Crippen molar-refractivity contribution in [1.29, 1.82) is 0 Å².